The highest BCUT2D eigenvalue weighted by Crippen LogP contribution is 2.33. The van der Waals surface area contributed by atoms with Crippen LogP contribution in [0.3, 0.4) is 0 Å². The van der Waals surface area contributed by atoms with E-state index in [1.54, 1.807) is 0 Å². The molecular formula is C11H16BrClN4O. The Hall–Kier alpha value is -0.430. The molecule has 0 amide bonds. The number of aliphatic hydroxyl groups is 1. The first-order valence-electron chi connectivity index (χ1n) is 5.74. The third-order valence-corrected chi connectivity index (χ3v) is 4.21. The third kappa shape index (κ3) is 2.93. The standard InChI is InChI=1S/C11H16BrClN4O/c1-16(2)4-7-3-8(18)5-17(7)11-9(12)10(13)14-6-15-11/h6-8,18H,3-5H2,1-2H3. The molecule has 2 rings (SSSR count). The highest BCUT2D eigenvalue weighted by molar-refractivity contribution is 9.10. The first-order chi connectivity index (χ1) is 8.49. The van der Waals surface area contributed by atoms with Gasteiger partial charge in [0, 0.05) is 19.1 Å². The van der Waals surface area contributed by atoms with E-state index in [0.29, 0.717) is 16.2 Å². The van der Waals surface area contributed by atoms with E-state index in [0.717, 1.165) is 18.8 Å². The molecule has 1 saturated heterocycles. The number of rotatable bonds is 3. The molecule has 0 spiro atoms. The van der Waals surface area contributed by atoms with Crippen LogP contribution in [0.1, 0.15) is 6.42 Å². The van der Waals surface area contributed by atoms with E-state index in [1.165, 1.54) is 6.33 Å². The molecule has 5 nitrogen and oxygen atoms in total. The van der Waals surface area contributed by atoms with Gasteiger partial charge >= 0.3 is 0 Å². The Bertz CT molecular complexity index is 432. The van der Waals surface area contributed by atoms with Crippen molar-refractivity contribution in [2.24, 2.45) is 0 Å². The molecule has 100 valence electrons. The maximum Gasteiger partial charge on any atom is 0.148 e. The fraction of sp³-hybridized carbons (Fsp3) is 0.636. The predicted octanol–water partition coefficient (Wildman–Crippen LogP) is 1.39. The summed E-state index contributed by atoms with van der Waals surface area (Å²) >= 11 is 9.39. The summed E-state index contributed by atoms with van der Waals surface area (Å²) in [6.07, 6.45) is 1.86. The Morgan fingerprint density at radius 3 is 2.94 bits per heavy atom. The van der Waals surface area contributed by atoms with Crippen LogP contribution in [0, 0.1) is 0 Å². The average molecular weight is 336 g/mol. The first kappa shape index (κ1) is 14.0. The number of nitrogens with zero attached hydrogens (tertiary/aromatic N) is 4. The van der Waals surface area contributed by atoms with Crippen molar-refractivity contribution in [1.82, 2.24) is 14.9 Å². The van der Waals surface area contributed by atoms with Gasteiger partial charge in [-0.2, -0.15) is 0 Å². The van der Waals surface area contributed by atoms with Gasteiger partial charge in [-0.3, -0.25) is 0 Å². The molecule has 1 aliphatic rings. The highest BCUT2D eigenvalue weighted by Gasteiger charge is 2.33. The van der Waals surface area contributed by atoms with Gasteiger partial charge in [-0.15, -0.1) is 0 Å². The largest absolute Gasteiger partial charge is 0.391 e. The van der Waals surface area contributed by atoms with Gasteiger partial charge < -0.3 is 14.9 Å². The van der Waals surface area contributed by atoms with E-state index in [4.69, 9.17) is 11.6 Å². The van der Waals surface area contributed by atoms with Crippen molar-refractivity contribution < 1.29 is 5.11 Å². The molecule has 1 N–H and O–H groups in total. The van der Waals surface area contributed by atoms with Crippen LogP contribution in [0.4, 0.5) is 5.82 Å². The van der Waals surface area contributed by atoms with Crippen LogP contribution >= 0.6 is 27.5 Å². The molecule has 1 fully saturated rings. The Balaban J connectivity index is 2.27. The van der Waals surface area contributed by atoms with Crippen LogP contribution < -0.4 is 4.90 Å². The van der Waals surface area contributed by atoms with Crippen molar-refractivity contribution >= 4 is 33.3 Å². The van der Waals surface area contributed by atoms with Gasteiger partial charge in [0.25, 0.3) is 0 Å². The summed E-state index contributed by atoms with van der Waals surface area (Å²) in [6.45, 7) is 1.44. The molecule has 2 atom stereocenters. The van der Waals surface area contributed by atoms with Gasteiger partial charge in [-0.25, -0.2) is 9.97 Å². The Kier molecular flexibility index (Phi) is 4.42. The number of β-amino-alcohol motifs (C(OH)–C–C–N with tert-alkyl or cyclic N) is 1. The second kappa shape index (κ2) is 5.69. The topological polar surface area (TPSA) is 52.5 Å². The number of hydrogen-bond acceptors (Lipinski definition) is 5. The fourth-order valence-electron chi connectivity index (χ4n) is 2.29. The quantitative estimate of drug-likeness (QED) is 0.846. The Morgan fingerprint density at radius 1 is 1.56 bits per heavy atom. The lowest BCUT2D eigenvalue weighted by Crippen LogP contribution is -2.38. The molecule has 0 saturated carbocycles. The third-order valence-electron chi connectivity index (χ3n) is 2.97. The molecular weight excluding hydrogens is 320 g/mol. The zero-order valence-electron chi connectivity index (χ0n) is 10.3. The Labute approximate surface area is 120 Å². The van der Waals surface area contributed by atoms with Crippen molar-refractivity contribution in [3.05, 3.63) is 16.0 Å². The lowest BCUT2D eigenvalue weighted by molar-refractivity contribution is 0.191. The minimum absolute atomic E-state index is 0.234. The maximum absolute atomic E-state index is 9.85. The van der Waals surface area contributed by atoms with Crippen LogP contribution in [-0.4, -0.2) is 59.3 Å². The summed E-state index contributed by atoms with van der Waals surface area (Å²) in [4.78, 5) is 12.4. The van der Waals surface area contributed by atoms with Gasteiger partial charge in [0.05, 0.1) is 10.6 Å². The normalized spacial score (nSPS) is 24.0. The summed E-state index contributed by atoms with van der Waals surface area (Å²) in [6, 6.07) is 0.234. The summed E-state index contributed by atoms with van der Waals surface area (Å²) in [7, 11) is 4.04. The summed E-state index contributed by atoms with van der Waals surface area (Å²) in [5.74, 6) is 0.749. The second-order valence-corrected chi connectivity index (χ2v) is 5.91. The minimum Gasteiger partial charge on any atom is -0.391 e. The molecule has 0 aromatic carbocycles. The maximum atomic E-state index is 9.85. The lowest BCUT2D eigenvalue weighted by Gasteiger charge is -2.28. The van der Waals surface area contributed by atoms with Crippen LogP contribution in [-0.2, 0) is 0 Å². The molecule has 0 radical (unpaired) electrons. The van der Waals surface area contributed by atoms with E-state index in [1.807, 2.05) is 14.1 Å². The van der Waals surface area contributed by atoms with E-state index in [2.05, 4.69) is 35.7 Å². The highest BCUT2D eigenvalue weighted by atomic mass is 79.9. The molecule has 18 heavy (non-hydrogen) atoms. The molecule has 2 unspecified atom stereocenters. The number of aliphatic hydroxyl groups excluding tert-OH is 1. The van der Waals surface area contributed by atoms with Gasteiger partial charge in [-0.1, -0.05) is 11.6 Å². The van der Waals surface area contributed by atoms with Crippen LogP contribution in [0.5, 0.6) is 0 Å². The molecule has 1 aromatic heterocycles. The average Bonchev–Trinajstić information content (AvgIpc) is 2.62. The number of hydrogen-bond donors (Lipinski definition) is 1. The Morgan fingerprint density at radius 2 is 2.28 bits per heavy atom. The molecule has 1 aromatic rings. The summed E-state index contributed by atoms with van der Waals surface area (Å²) in [5, 5.41) is 10.2. The molecule has 7 heteroatoms. The first-order valence-corrected chi connectivity index (χ1v) is 6.91. The van der Waals surface area contributed by atoms with Crippen molar-refractivity contribution in [3.8, 4) is 0 Å². The van der Waals surface area contributed by atoms with E-state index < -0.39 is 0 Å². The number of aromatic nitrogens is 2. The fourth-order valence-corrected chi connectivity index (χ4v) is 2.85. The van der Waals surface area contributed by atoms with Gasteiger partial charge in [0.1, 0.15) is 17.3 Å². The van der Waals surface area contributed by atoms with E-state index >= 15 is 0 Å². The molecule has 0 bridgehead atoms. The van der Waals surface area contributed by atoms with Crippen molar-refractivity contribution in [1.29, 1.82) is 0 Å². The number of anilines is 1. The summed E-state index contributed by atoms with van der Waals surface area (Å²) < 4.78 is 0.685. The zero-order chi connectivity index (χ0) is 13.3. The van der Waals surface area contributed by atoms with Crippen molar-refractivity contribution in [3.63, 3.8) is 0 Å². The molecule has 2 heterocycles. The number of halogens is 2. The second-order valence-electron chi connectivity index (χ2n) is 4.76. The smallest absolute Gasteiger partial charge is 0.148 e. The van der Waals surface area contributed by atoms with E-state index in [-0.39, 0.29) is 12.1 Å². The van der Waals surface area contributed by atoms with Gasteiger partial charge in [-0.05, 0) is 36.4 Å². The van der Waals surface area contributed by atoms with E-state index in [9.17, 15) is 5.11 Å². The van der Waals surface area contributed by atoms with Crippen LogP contribution in [0.25, 0.3) is 0 Å². The zero-order valence-corrected chi connectivity index (χ0v) is 12.7. The number of likely N-dealkylation sites (N-methyl/N-ethyl adjacent to an activating group) is 1. The SMILES string of the molecule is CN(C)CC1CC(O)CN1c1ncnc(Cl)c1Br. The lowest BCUT2D eigenvalue weighted by atomic mass is 10.2. The molecule has 0 aliphatic carbocycles. The van der Waals surface area contributed by atoms with Crippen molar-refractivity contribution in [2.45, 2.75) is 18.6 Å². The van der Waals surface area contributed by atoms with Crippen LogP contribution in [0.2, 0.25) is 5.15 Å². The summed E-state index contributed by atoms with van der Waals surface area (Å²) in [5.41, 5.74) is 0. The predicted molar refractivity (Wildman–Crippen MR) is 75.1 cm³/mol. The van der Waals surface area contributed by atoms with Crippen LogP contribution in [0.15, 0.2) is 10.8 Å². The van der Waals surface area contributed by atoms with Gasteiger partial charge in [0.15, 0.2) is 0 Å². The van der Waals surface area contributed by atoms with Gasteiger partial charge in [0.2, 0.25) is 0 Å². The minimum atomic E-state index is -0.324. The monoisotopic (exact) mass is 334 g/mol. The molecule has 1 aliphatic heterocycles. The van der Waals surface area contributed by atoms with Crippen molar-refractivity contribution in [2.75, 3.05) is 32.1 Å².